The number of benzene rings is 2. The third-order valence-electron chi connectivity index (χ3n) is 7.03. The van der Waals surface area contributed by atoms with Crippen molar-refractivity contribution in [2.45, 2.75) is 24.7 Å². The molecule has 4 heterocycles. The van der Waals surface area contributed by atoms with Crippen molar-refractivity contribution in [3.05, 3.63) is 70.5 Å². The second-order valence-electron chi connectivity index (χ2n) is 9.92. The van der Waals surface area contributed by atoms with E-state index in [2.05, 4.69) is 10.3 Å². The van der Waals surface area contributed by atoms with Crippen LogP contribution in [0.3, 0.4) is 0 Å². The minimum atomic E-state index is -3.77. The fraction of sp³-hybridized carbons (Fsp3) is 0.286. The van der Waals surface area contributed by atoms with E-state index in [9.17, 15) is 18.0 Å². The van der Waals surface area contributed by atoms with Crippen LogP contribution in [0.15, 0.2) is 63.1 Å². The van der Waals surface area contributed by atoms with Gasteiger partial charge in [0.25, 0.3) is 11.5 Å². The largest absolute Gasteiger partial charge is 0.444 e. The number of aromatic nitrogens is 3. The zero-order valence-electron chi connectivity index (χ0n) is 22.0. The predicted molar refractivity (Wildman–Crippen MR) is 149 cm³/mol. The number of nitrogens with zero attached hydrogens (tertiary/aromatic N) is 4. The van der Waals surface area contributed by atoms with Gasteiger partial charge in [-0.25, -0.2) is 13.4 Å². The third kappa shape index (κ3) is 4.69. The molecular weight excluding hydrogens is 534 g/mol. The Labute approximate surface area is 230 Å². The van der Waals surface area contributed by atoms with Crippen molar-refractivity contribution in [1.82, 2.24) is 14.8 Å². The highest BCUT2D eigenvalue weighted by Gasteiger charge is 2.27. The lowest BCUT2D eigenvalue weighted by Gasteiger charge is -2.28. The van der Waals surface area contributed by atoms with Gasteiger partial charge in [-0.05, 0) is 61.7 Å². The second-order valence-corrected chi connectivity index (χ2v) is 11.9. The Morgan fingerprint density at radius 2 is 1.90 bits per heavy atom. The molecular formula is C28H27N5O6S. The van der Waals surface area contributed by atoms with Gasteiger partial charge in [-0.1, -0.05) is 0 Å². The van der Waals surface area contributed by atoms with Gasteiger partial charge in [0.2, 0.25) is 0 Å². The molecule has 0 bridgehead atoms. The summed E-state index contributed by atoms with van der Waals surface area (Å²) < 4.78 is 37.7. The maximum atomic E-state index is 13.9. The Morgan fingerprint density at radius 1 is 1.07 bits per heavy atom. The lowest BCUT2D eigenvalue weighted by molar-refractivity contribution is -0.125. The highest BCUT2D eigenvalue weighted by atomic mass is 32.2. The van der Waals surface area contributed by atoms with E-state index >= 15 is 0 Å². The van der Waals surface area contributed by atoms with Crippen LogP contribution in [0.2, 0.25) is 0 Å². The molecule has 1 saturated heterocycles. The van der Waals surface area contributed by atoms with Crippen molar-refractivity contribution in [2.24, 2.45) is 0 Å². The topological polar surface area (TPSA) is 137 Å². The average molecular weight is 562 g/mol. The van der Waals surface area contributed by atoms with Crippen molar-refractivity contribution >= 4 is 27.1 Å². The van der Waals surface area contributed by atoms with Crippen LogP contribution in [-0.4, -0.2) is 61.6 Å². The normalized spacial score (nSPS) is 15.6. The van der Waals surface area contributed by atoms with Gasteiger partial charge in [0.1, 0.15) is 12.3 Å². The van der Waals surface area contributed by atoms with Crippen molar-refractivity contribution in [3.8, 4) is 28.3 Å². The number of hydrogen-bond acceptors (Lipinski definition) is 9. The van der Waals surface area contributed by atoms with Gasteiger partial charge in [0.05, 0.1) is 29.1 Å². The highest BCUT2D eigenvalue weighted by Crippen LogP contribution is 2.34. The van der Waals surface area contributed by atoms with Gasteiger partial charge in [-0.3, -0.25) is 9.59 Å². The Morgan fingerprint density at radius 3 is 2.65 bits per heavy atom. The fourth-order valence-electron chi connectivity index (χ4n) is 5.22. The lowest BCUT2D eigenvalue weighted by Crippen LogP contribution is -2.41. The number of carbonyl (C=O) groups excluding carboxylic acids is 1. The van der Waals surface area contributed by atoms with E-state index in [0.29, 0.717) is 48.9 Å². The van der Waals surface area contributed by atoms with E-state index in [4.69, 9.17) is 14.3 Å². The van der Waals surface area contributed by atoms with E-state index in [1.807, 2.05) is 25.1 Å². The van der Waals surface area contributed by atoms with Gasteiger partial charge in [-0.15, -0.1) is 0 Å². The number of rotatable bonds is 5. The minimum Gasteiger partial charge on any atom is -0.444 e. The molecule has 11 nitrogen and oxygen atoms in total. The second kappa shape index (κ2) is 10.0. The first-order valence-electron chi connectivity index (χ1n) is 12.8. The summed E-state index contributed by atoms with van der Waals surface area (Å²) in [5, 5.41) is 8.01. The number of fused-ring (bicyclic) bond motifs is 1. The molecule has 4 aromatic rings. The Hall–Kier alpha value is -4.29. The summed E-state index contributed by atoms with van der Waals surface area (Å²) in [5.41, 5.74) is 4.27. The quantitative estimate of drug-likeness (QED) is 0.390. The van der Waals surface area contributed by atoms with Crippen molar-refractivity contribution in [3.63, 3.8) is 0 Å². The molecule has 2 aliphatic heterocycles. The van der Waals surface area contributed by atoms with E-state index in [-0.39, 0.29) is 23.1 Å². The smallest absolute Gasteiger partial charge is 0.295 e. The van der Waals surface area contributed by atoms with E-state index < -0.39 is 15.4 Å². The molecule has 0 radical (unpaired) electrons. The zero-order chi connectivity index (χ0) is 28.0. The molecule has 206 valence electrons. The Balaban J connectivity index is 1.61. The maximum Gasteiger partial charge on any atom is 0.295 e. The summed E-state index contributed by atoms with van der Waals surface area (Å²) in [4.78, 5) is 31.9. The third-order valence-corrected chi connectivity index (χ3v) is 8.18. The van der Waals surface area contributed by atoms with Crippen LogP contribution >= 0.6 is 0 Å². The molecule has 2 aliphatic rings. The monoisotopic (exact) mass is 561 g/mol. The van der Waals surface area contributed by atoms with Crippen molar-refractivity contribution in [2.75, 3.05) is 42.8 Å². The van der Waals surface area contributed by atoms with Crippen LogP contribution in [0.25, 0.3) is 28.3 Å². The van der Waals surface area contributed by atoms with Crippen LogP contribution in [-0.2, 0) is 25.8 Å². The molecule has 0 spiro atoms. The number of nitrogens with one attached hydrogen (secondary N) is 1. The molecule has 0 saturated carbocycles. The molecule has 0 atom stereocenters. The van der Waals surface area contributed by atoms with Gasteiger partial charge >= 0.3 is 0 Å². The predicted octanol–water partition coefficient (Wildman–Crippen LogP) is 2.99. The van der Waals surface area contributed by atoms with Crippen LogP contribution in [0, 0.1) is 6.92 Å². The van der Waals surface area contributed by atoms with Gasteiger partial charge in [-0.2, -0.15) is 9.78 Å². The number of sulfone groups is 1. The molecule has 2 aromatic heterocycles. The Kier molecular flexibility index (Phi) is 6.51. The van der Waals surface area contributed by atoms with E-state index in [1.165, 1.54) is 23.4 Å². The number of anilines is 2. The van der Waals surface area contributed by atoms with E-state index in [0.717, 1.165) is 39.6 Å². The summed E-state index contributed by atoms with van der Waals surface area (Å²) in [7, 11) is -3.77. The minimum absolute atomic E-state index is 0.0696. The number of carbonyl (C=O) groups is 1. The molecule has 6 rings (SSSR count). The summed E-state index contributed by atoms with van der Waals surface area (Å²) >= 11 is 0. The maximum absolute atomic E-state index is 13.9. The van der Waals surface area contributed by atoms with E-state index in [1.54, 1.807) is 12.3 Å². The first-order valence-corrected chi connectivity index (χ1v) is 14.7. The first kappa shape index (κ1) is 26.0. The number of oxazole rings is 1. The fourth-order valence-corrected chi connectivity index (χ4v) is 6.06. The number of amides is 1. The lowest BCUT2D eigenvalue weighted by atomic mass is 9.96. The van der Waals surface area contributed by atoms with Crippen LogP contribution in [0.1, 0.15) is 17.5 Å². The SMILES string of the molecule is Cc1cc(-c2cnco2)cc(-c2nn(-c3cc(N4CCOCC4=O)ccc3S(C)(=O)=O)c(=O)c3c2CCCN3)c1. The highest BCUT2D eigenvalue weighted by molar-refractivity contribution is 7.90. The van der Waals surface area contributed by atoms with Crippen LogP contribution in [0.5, 0.6) is 0 Å². The van der Waals surface area contributed by atoms with Crippen LogP contribution in [0.4, 0.5) is 11.4 Å². The summed E-state index contributed by atoms with van der Waals surface area (Å²) in [5.74, 6) is 0.338. The van der Waals surface area contributed by atoms with Crippen molar-refractivity contribution in [1.29, 1.82) is 0 Å². The molecule has 1 fully saturated rings. The Bertz CT molecular complexity index is 1800. The van der Waals surface area contributed by atoms with Gasteiger partial charge in [0, 0.05) is 41.7 Å². The number of morpholine rings is 1. The number of hydrogen-bond donors (Lipinski definition) is 1. The first-order chi connectivity index (χ1) is 19.2. The van der Waals surface area contributed by atoms with Gasteiger partial charge < -0.3 is 19.4 Å². The average Bonchev–Trinajstić information content (AvgIpc) is 3.48. The molecule has 1 amide bonds. The number of ether oxygens (including phenoxy) is 1. The standard InChI is InChI=1S/C28H27N5O6S/c1-17-10-18(23-14-29-16-39-23)12-19(11-17)26-21-4-3-7-30-27(21)28(35)33(31-26)22-13-20(5-6-24(22)40(2,36)37)32-8-9-38-15-25(32)34/h5-6,10-14,16,30H,3-4,7-9,15H2,1-2H3. The molecule has 0 aliphatic carbocycles. The molecule has 0 unspecified atom stereocenters. The van der Waals surface area contributed by atoms with Gasteiger partial charge in [0.15, 0.2) is 22.0 Å². The molecule has 1 N–H and O–H groups in total. The van der Waals surface area contributed by atoms with Crippen molar-refractivity contribution < 1.29 is 22.4 Å². The number of aryl methyl sites for hydroxylation is 1. The molecule has 12 heteroatoms. The molecule has 40 heavy (non-hydrogen) atoms. The summed E-state index contributed by atoms with van der Waals surface area (Å²) in [6, 6.07) is 10.4. The van der Waals surface area contributed by atoms with Crippen LogP contribution < -0.4 is 15.8 Å². The summed E-state index contributed by atoms with van der Waals surface area (Å²) in [6.45, 7) is 3.14. The zero-order valence-corrected chi connectivity index (χ0v) is 22.8. The molecule has 2 aromatic carbocycles. The summed E-state index contributed by atoms with van der Waals surface area (Å²) in [6.07, 6.45) is 5.52.